The predicted octanol–water partition coefficient (Wildman–Crippen LogP) is 2.88. The van der Waals surface area contributed by atoms with Crippen molar-refractivity contribution in [1.82, 2.24) is 4.90 Å². The van der Waals surface area contributed by atoms with E-state index >= 15 is 0 Å². The fourth-order valence-electron chi connectivity index (χ4n) is 2.05. The minimum Gasteiger partial charge on any atom is -0.399 e. The van der Waals surface area contributed by atoms with Gasteiger partial charge in [0.05, 0.1) is 11.3 Å². The molecule has 0 aromatic heterocycles. The Morgan fingerprint density at radius 3 is 2.24 bits per heavy atom. The van der Waals surface area contributed by atoms with E-state index in [2.05, 4.69) is 0 Å². The summed E-state index contributed by atoms with van der Waals surface area (Å²) in [6.07, 6.45) is 0. The molecule has 0 atom stereocenters. The lowest BCUT2D eigenvalue weighted by molar-refractivity contribution is 0.0828. The quantitative estimate of drug-likeness (QED) is 0.883. The Bertz CT molecular complexity index is 653. The summed E-state index contributed by atoms with van der Waals surface area (Å²) < 4.78 is 13.0. The van der Waals surface area contributed by atoms with E-state index in [0.29, 0.717) is 16.9 Å². The van der Waals surface area contributed by atoms with E-state index in [0.717, 1.165) is 5.69 Å². The molecule has 0 aliphatic heterocycles. The molecule has 0 aliphatic rings. The highest BCUT2D eigenvalue weighted by molar-refractivity contribution is 6.01. The Kier molecular flexibility index (Phi) is 4.12. The highest BCUT2D eigenvalue weighted by atomic mass is 19.1. The van der Waals surface area contributed by atoms with Gasteiger partial charge in [0.15, 0.2) is 0 Å². The number of halogens is 1. The molecule has 0 aliphatic carbocycles. The van der Waals surface area contributed by atoms with Gasteiger partial charge in [0, 0.05) is 32.5 Å². The average Bonchev–Trinajstić information content (AvgIpc) is 2.46. The molecule has 0 fully saturated rings. The number of hydrogen-bond acceptors (Lipinski definition) is 3. The molecule has 2 aromatic carbocycles. The molecule has 0 unspecified atom stereocenters. The van der Waals surface area contributed by atoms with Gasteiger partial charge in [0.1, 0.15) is 5.82 Å². The SMILES string of the molecule is CN(C)C(=O)c1ccc(N)cc1N(C)c1ccc(F)cc1. The molecule has 0 radical (unpaired) electrons. The van der Waals surface area contributed by atoms with Gasteiger partial charge >= 0.3 is 0 Å². The summed E-state index contributed by atoms with van der Waals surface area (Å²) in [6.45, 7) is 0. The van der Waals surface area contributed by atoms with Gasteiger partial charge in [0.2, 0.25) is 0 Å². The maximum absolute atomic E-state index is 13.0. The normalized spacial score (nSPS) is 10.3. The number of nitrogen functional groups attached to an aromatic ring is 1. The van der Waals surface area contributed by atoms with Crippen LogP contribution in [0.4, 0.5) is 21.5 Å². The highest BCUT2D eigenvalue weighted by Crippen LogP contribution is 2.29. The van der Waals surface area contributed by atoms with Crippen molar-refractivity contribution in [2.75, 3.05) is 31.8 Å². The van der Waals surface area contributed by atoms with Crippen LogP contribution in [-0.2, 0) is 0 Å². The van der Waals surface area contributed by atoms with Crippen molar-refractivity contribution in [1.29, 1.82) is 0 Å². The first-order valence-corrected chi connectivity index (χ1v) is 6.50. The number of carbonyl (C=O) groups excluding carboxylic acids is 1. The van der Waals surface area contributed by atoms with Crippen molar-refractivity contribution in [3.8, 4) is 0 Å². The summed E-state index contributed by atoms with van der Waals surface area (Å²) in [4.78, 5) is 15.6. The zero-order valence-corrected chi connectivity index (χ0v) is 12.3. The molecule has 110 valence electrons. The van der Waals surface area contributed by atoms with Crippen LogP contribution in [0.1, 0.15) is 10.4 Å². The van der Waals surface area contributed by atoms with Crippen molar-refractivity contribution >= 4 is 23.0 Å². The van der Waals surface area contributed by atoms with E-state index in [9.17, 15) is 9.18 Å². The number of nitrogens with two attached hydrogens (primary N) is 1. The van der Waals surface area contributed by atoms with Gasteiger partial charge in [0.25, 0.3) is 5.91 Å². The topological polar surface area (TPSA) is 49.6 Å². The van der Waals surface area contributed by atoms with Crippen LogP contribution < -0.4 is 10.6 Å². The van der Waals surface area contributed by atoms with Crippen LogP contribution in [0, 0.1) is 5.82 Å². The molecular weight excluding hydrogens is 269 g/mol. The maximum atomic E-state index is 13.0. The van der Waals surface area contributed by atoms with Crippen LogP contribution in [0.5, 0.6) is 0 Å². The van der Waals surface area contributed by atoms with E-state index in [1.165, 1.54) is 17.0 Å². The van der Waals surface area contributed by atoms with Crippen LogP contribution in [-0.4, -0.2) is 32.0 Å². The molecule has 0 spiro atoms. The monoisotopic (exact) mass is 287 g/mol. The van der Waals surface area contributed by atoms with Gasteiger partial charge < -0.3 is 15.5 Å². The number of benzene rings is 2. The van der Waals surface area contributed by atoms with Crippen molar-refractivity contribution < 1.29 is 9.18 Å². The van der Waals surface area contributed by atoms with E-state index in [-0.39, 0.29) is 11.7 Å². The van der Waals surface area contributed by atoms with Crippen molar-refractivity contribution in [3.63, 3.8) is 0 Å². The second kappa shape index (κ2) is 5.83. The van der Waals surface area contributed by atoms with Crippen LogP contribution in [0.3, 0.4) is 0 Å². The van der Waals surface area contributed by atoms with E-state index in [1.807, 2.05) is 11.9 Å². The number of nitrogens with zero attached hydrogens (tertiary/aromatic N) is 2. The van der Waals surface area contributed by atoms with Gasteiger partial charge in [-0.1, -0.05) is 0 Å². The minimum absolute atomic E-state index is 0.112. The summed E-state index contributed by atoms with van der Waals surface area (Å²) in [6, 6.07) is 11.2. The van der Waals surface area contributed by atoms with Crippen LogP contribution in [0.25, 0.3) is 0 Å². The third kappa shape index (κ3) is 3.13. The molecule has 21 heavy (non-hydrogen) atoms. The highest BCUT2D eigenvalue weighted by Gasteiger charge is 2.17. The zero-order chi connectivity index (χ0) is 15.6. The number of anilines is 3. The molecule has 0 saturated heterocycles. The summed E-state index contributed by atoms with van der Waals surface area (Å²) in [5.74, 6) is -0.414. The maximum Gasteiger partial charge on any atom is 0.255 e. The van der Waals surface area contributed by atoms with Gasteiger partial charge in [-0.15, -0.1) is 0 Å². The smallest absolute Gasteiger partial charge is 0.255 e. The second-order valence-electron chi connectivity index (χ2n) is 5.01. The molecule has 0 heterocycles. The molecule has 2 N–H and O–H groups in total. The molecule has 4 nitrogen and oxygen atoms in total. The van der Waals surface area contributed by atoms with E-state index in [4.69, 9.17) is 5.73 Å². The van der Waals surface area contributed by atoms with Crippen molar-refractivity contribution in [2.45, 2.75) is 0 Å². The Labute approximate surface area is 123 Å². The largest absolute Gasteiger partial charge is 0.399 e. The van der Waals surface area contributed by atoms with Crippen LogP contribution in [0.2, 0.25) is 0 Å². The number of amides is 1. The molecule has 1 amide bonds. The Balaban J connectivity index is 2.48. The first kappa shape index (κ1) is 14.8. The van der Waals surface area contributed by atoms with Gasteiger partial charge in [-0.25, -0.2) is 4.39 Å². The zero-order valence-electron chi connectivity index (χ0n) is 12.3. The van der Waals surface area contributed by atoms with Crippen molar-refractivity contribution in [3.05, 3.63) is 53.8 Å². The Hall–Kier alpha value is -2.56. The molecule has 0 saturated carbocycles. The van der Waals surface area contributed by atoms with Gasteiger partial charge in [-0.2, -0.15) is 0 Å². The van der Waals surface area contributed by atoms with Crippen LogP contribution in [0.15, 0.2) is 42.5 Å². The third-order valence-electron chi connectivity index (χ3n) is 3.23. The molecule has 2 rings (SSSR count). The first-order valence-electron chi connectivity index (χ1n) is 6.50. The standard InChI is InChI=1S/C16H18FN3O/c1-19(2)16(21)14-9-6-12(18)10-15(14)20(3)13-7-4-11(17)5-8-13/h4-10H,18H2,1-3H3. The van der Waals surface area contributed by atoms with Gasteiger partial charge in [-0.3, -0.25) is 4.79 Å². The Morgan fingerprint density at radius 1 is 1.05 bits per heavy atom. The summed E-state index contributed by atoms with van der Waals surface area (Å²) in [5.41, 5.74) is 8.39. The van der Waals surface area contributed by atoms with E-state index < -0.39 is 0 Å². The Morgan fingerprint density at radius 2 is 1.67 bits per heavy atom. The molecular formula is C16H18FN3O. The second-order valence-corrected chi connectivity index (χ2v) is 5.01. The van der Waals surface area contributed by atoms with Crippen molar-refractivity contribution in [2.24, 2.45) is 0 Å². The number of rotatable bonds is 3. The lowest BCUT2D eigenvalue weighted by Crippen LogP contribution is -2.24. The third-order valence-corrected chi connectivity index (χ3v) is 3.23. The number of carbonyl (C=O) groups is 1. The number of hydrogen-bond donors (Lipinski definition) is 1. The first-order chi connectivity index (χ1) is 9.90. The average molecular weight is 287 g/mol. The van der Waals surface area contributed by atoms with Crippen LogP contribution >= 0.6 is 0 Å². The lowest BCUT2D eigenvalue weighted by atomic mass is 10.1. The van der Waals surface area contributed by atoms with Gasteiger partial charge in [-0.05, 0) is 42.5 Å². The summed E-state index contributed by atoms with van der Waals surface area (Å²) in [5, 5.41) is 0. The fourth-order valence-corrected chi connectivity index (χ4v) is 2.05. The summed E-state index contributed by atoms with van der Waals surface area (Å²) in [7, 11) is 5.20. The lowest BCUT2D eigenvalue weighted by Gasteiger charge is -2.24. The minimum atomic E-state index is -0.302. The molecule has 0 bridgehead atoms. The summed E-state index contributed by atoms with van der Waals surface area (Å²) >= 11 is 0. The fraction of sp³-hybridized carbons (Fsp3) is 0.188. The molecule has 5 heteroatoms. The predicted molar refractivity (Wildman–Crippen MR) is 83.3 cm³/mol. The van der Waals surface area contributed by atoms with E-state index in [1.54, 1.807) is 44.4 Å². The molecule has 2 aromatic rings.